The molecule has 29 heavy (non-hydrogen) atoms. The van der Waals surface area contributed by atoms with Crippen molar-refractivity contribution in [3.05, 3.63) is 59.3 Å². The zero-order valence-electron chi connectivity index (χ0n) is 16.7. The molecule has 0 atom stereocenters. The highest BCUT2D eigenvalue weighted by Gasteiger charge is 2.20. The molecule has 3 aromatic heterocycles. The summed E-state index contributed by atoms with van der Waals surface area (Å²) in [7, 11) is 3.47. The van der Waals surface area contributed by atoms with Gasteiger partial charge in [-0.05, 0) is 31.0 Å². The molecule has 0 unspecified atom stereocenters. The van der Waals surface area contributed by atoms with Gasteiger partial charge in [0.2, 0.25) is 0 Å². The molecule has 0 saturated carbocycles. The molecule has 1 N–H and O–H groups in total. The summed E-state index contributed by atoms with van der Waals surface area (Å²) < 4.78 is 18.3. The number of nitrogens with zero attached hydrogens (tertiary/aromatic N) is 7. The quantitative estimate of drug-likeness (QED) is 0.562. The second-order valence-electron chi connectivity index (χ2n) is 6.84. The van der Waals surface area contributed by atoms with Gasteiger partial charge in [0.1, 0.15) is 11.4 Å². The average molecular weight is 392 g/mol. The van der Waals surface area contributed by atoms with E-state index in [0.29, 0.717) is 18.1 Å². The highest BCUT2D eigenvalue weighted by molar-refractivity contribution is 5.68. The molecule has 0 saturated heterocycles. The molecule has 1 aromatic carbocycles. The molecule has 0 aliphatic heterocycles. The van der Waals surface area contributed by atoms with Gasteiger partial charge < -0.3 is 5.32 Å². The minimum absolute atomic E-state index is 0.104. The van der Waals surface area contributed by atoms with Crippen LogP contribution in [0.1, 0.15) is 16.8 Å². The third kappa shape index (κ3) is 3.58. The normalized spacial score (nSPS) is 11.1. The van der Waals surface area contributed by atoms with Crippen LogP contribution in [-0.2, 0) is 13.6 Å². The molecule has 9 heteroatoms. The second kappa shape index (κ2) is 7.42. The van der Waals surface area contributed by atoms with Gasteiger partial charge in [-0.3, -0.25) is 4.68 Å². The van der Waals surface area contributed by atoms with Crippen LogP contribution < -0.4 is 5.32 Å². The molecular weight excluding hydrogens is 371 g/mol. The van der Waals surface area contributed by atoms with Crippen LogP contribution in [0.3, 0.4) is 0 Å². The molecule has 0 aliphatic carbocycles. The van der Waals surface area contributed by atoms with Crippen LogP contribution in [0.25, 0.3) is 22.8 Å². The van der Waals surface area contributed by atoms with Crippen LogP contribution >= 0.6 is 0 Å². The molecule has 0 spiro atoms. The SMILES string of the molecule is CNc1nc(-c2cccc(C)c2C)nc(-c2cn(Cc3ccn(C)n3)nn2)c1F. The van der Waals surface area contributed by atoms with Crippen LogP contribution in [0, 0.1) is 19.7 Å². The topological polar surface area (TPSA) is 86.3 Å². The van der Waals surface area contributed by atoms with E-state index in [1.54, 1.807) is 22.6 Å². The van der Waals surface area contributed by atoms with E-state index < -0.39 is 5.82 Å². The van der Waals surface area contributed by atoms with Crippen LogP contribution in [0.5, 0.6) is 0 Å². The minimum Gasteiger partial charge on any atom is -0.371 e. The van der Waals surface area contributed by atoms with E-state index in [9.17, 15) is 4.39 Å². The first-order valence-corrected chi connectivity index (χ1v) is 9.17. The van der Waals surface area contributed by atoms with Gasteiger partial charge in [0.15, 0.2) is 17.5 Å². The number of aromatic nitrogens is 7. The maximum atomic E-state index is 15.0. The fourth-order valence-corrected chi connectivity index (χ4v) is 3.09. The number of anilines is 1. The van der Waals surface area contributed by atoms with E-state index >= 15 is 0 Å². The highest BCUT2D eigenvalue weighted by Crippen LogP contribution is 2.29. The Morgan fingerprint density at radius 2 is 1.97 bits per heavy atom. The molecule has 148 valence electrons. The highest BCUT2D eigenvalue weighted by atomic mass is 19.1. The number of hydrogen-bond donors (Lipinski definition) is 1. The lowest BCUT2D eigenvalue weighted by atomic mass is 10.0. The first-order chi connectivity index (χ1) is 14.0. The molecule has 0 aliphatic rings. The van der Waals surface area contributed by atoms with E-state index in [2.05, 4.69) is 30.7 Å². The van der Waals surface area contributed by atoms with E-state index in [4.69, 9.17) is 0 Å². The number of nitrogens with one attached hydrogen (secondary N) is 1. The van der Waals surface area contributed by atoms with Crippen molar-refractivity contribution in [3.8, 4) is 22.8 Å². The minimum atomic E-state index is -0.563. The first kappa shape index (κ1) is 18.7. The Kier molecular flexibility index (Phi) is 4.79. The number of hydrogen-bond acceptors (Lipinski definition) is 6. The van der Waals surface area contributed by atoms with Gasteiger partial charge in [0, 0.05) is 25.9 Å². The predicted molar refractivity (Wildman–Crippen MR) is 108 cm³/mol. The maximum absolute atomic E-state index is 15.0. The molecular formula is C20H21FN8. The van der Waals surface area contributed by atoms with Crippen molar-refractivity contribution >= 4 is 5.82 Å². The summed E-state index contributed by atoms with van der Waals surface area (Å²) in [5.74, 6) is -0.0112. The molecule has 3 heterocycles. The van der Waals surface area contributed by atoms with Crippen molar-refractivity contribution in [2.75, 3.05) is 12.4 Å². The summed E-state index contributed by atoms with van der Waals surface area (Å²) >= 11 is 0. The Hall–Kier alpha value is -3.62. The summed E-state index contributed by atoms with van der Waals surface area (Å²) in [5.41, 5.74) is 4.29. The fraction of sp³-hybridized carbons (Fsp3) is 0.250. The molecule has 4 aromatic rings. The van der Waals surface area contributed by atoms with Crippen molar-refractivity contribution in [2.24, 2.45) is 7.05 Å². The monoisotopic (exact) mass is 392 g/mol. The van der Waals surface area contributed by atoms with Gasteiger partial charge in [-0.1, -0.05) is 23.4 Å². The summed E-state index contributed by atoms with van der Waals surface area (Å²) in [4.78, 5) is 8.85. The Morgan fingerprint density at radius 3 is 2.69 bits per heavy atom. The summed E-state index contributed by atoms with van der Waals surface area (Å²) in [6.07, 6.45) is 3.51. The van der Waals surface area contributed by atoms with Crippen molar-refractivity contribution in [1.29, 1.82) is 0 Å². The lowest BCUT2D eigenvalue weighted by Gasteiger charge is -2.11. The van der Waals surface area contributed by atoms with Gasteiger partial charge in [-0.15, -0.1) is 5.10 Å². The maximum Gasteiger partial charge on any atom is 0.193 e. The van der Waals surface area contributed by atoms with Gasteiger partial charge in [0.25, 0.3) is 0 Å². The van der Waals surface area contributed by atoms with Crippen LogP contribution in [0.2, 0.25) is 0 Å². The lowest BCUT2D eigenvalue weighted by molar-refractivity contribution is 0.621. The number of aryl methyl sites for hydroxylation is 2. The van der Waals surface area contributed by atoms with Gasteiger partial charge in [-0.2, -0.15) is 5.10 Å². The van der Waals surface area contributed by atoms with Crippen molar-refractivity contribution in [2.45, 2.75) is 20.4 Å². The zero-order chi connectivity index (χ0) is 20.5. The van der Waals surface area contributed by atoms with Crippen LogP contribution in [-0.4, -0.2) is 41.8 Å². The van der Waals surface area contributed by atoms with Gasteiger partial charge in [0.05, 0.1) is 18.4 Å². The smallest absolute Gasteiger partial charge is 0.193 e. The fourth-order valence-electron chi connectivity index (χ4n) is 3.09. The third-order valence-corrected chi connectivity index (χ3v) is 4.81. The van der Waals surface area contributed by atoms with E-state index in [-0.39, 0.29) is 11.5 Å². The van der Waals surface area contributed by atoms with E-state index in [1.165, 1.54) is 0 Å². The standard InChI is InChI=1S/C20H21FN8/c1-12-6-5-7-15(13(12)2)19-23-18(17(21)20(22-3)24-19)16-11-29(27-25-16)10-14-8-9-28(4)26-14/h5-9,11H,10H2,1-4H3,(H,22,23,24). The van der Waals surface area contributed by atoms with Crippen LogP contribution in [0.4, 0.5) is 10.2 Å². The Balaban J connectivity index is 1.76. The predicted octanol–water partition coefficient (Wildman–Crippen LogP) is 2.98. The van der Waals surface area contributed by atoms with E-state index in [1.807, 2.05) is 51.4 Å². The third-order valence-electron chi connectivity index (χ3n) is 4.81. The Morgan fingerprint density at radius 1 is 1.14 bits per heavy atom. The zero-order valence-corrected chi connectivity index (χ0v) is 16.7. The summed E-state index contributed by atoms with van der Waals surface area (Å²) in [5, 5.41) is 15.3. The molecule has 0 fully saturated rings. The van der Waals surface area contributed by atoms with Crippen molar-refractivity contribution in [1.82, 2.24) is 34.7 Å². The Bertz CT molecular complexity index is 1180. The Labute approximate surface area is 167 Å². The molecule has 0 bridgehead atoms. The molecule has 0 radical (unpaired) electrons. The number of benzene rings is 1. The van der Waals surface area contributed by atoms with Gasteiger partial charge in [-0.25, -0.2) is 19.0 Å². The molecule has 8 nitrogen and oxygen atoms in total. The van der Waals surface area contributed by atoms with E-state index in [0.717, 1.165) is 22.4 Å². The second-order valence-corrected chi connectivity index (χ2v) is 6.84. The number of halogens is 1. The summed E-state index contributed by atoms with van der Waals surface area (Å²) in [6.45, 7) is 4.45. The van der Waals surface area contributed by atoms with Crippen LogP contribution in [0.15, 0.2) is 36.7 Å². The molecule has 4 rings (SSSR count). The average Bonchev–Trinajstić information content (AvgIpc) is 3.33. The van der Waals surface area contributed by atoms with Crippen molar-refractivity contribution in [3.63, 3.8) is 0 Å². The number of rotatable bonds is 5. The van der Waals surface area contributed by atoms with Gasteiger partial charge >= 0.3 is 0 Å². The summed E-state index contributed by atoms with van der Waals surface area (Å²) in [6, 6.07) is 7.78. The van der Waals surface area contributed by atoms with Crippen molar-refractivity contribution < 1.29 is 4.39 Å². The molecule has 0 amide bonds. The first-order valence-electron chi connectivity index (χ1n) is 9.17. The largest absolute Gasteiger partial charge is 0.371 e. The lowest BCUT2D eigenvalue weighted by Crippen LogP contribution is -2.05.